The molecule has 3 fully saturated rings. The highest BCUT2D eigenvalue weighted by atomic mass is 16.4. The number of carboxylic acid groups (broad SMARTS) is 1. The number of allylic oxidation sites excluding steroid dienone is 1. The number of furan rings is 1. The van der Waals surface area contributed by atoms with Crippen molar-refractivity contribution in [2.24, 2.45) is 23.2 Å². The molecule has 1 aromatic heterocycles. The van der Waals surface area contributed by atoms with E-state index in [2.05, 4.69) is 19.2 Å². The lowest BCUT2D eigenvalue weighted by molar-refractivity contribution is -0.131. The standard InChI is InChI=1S/C25H31NO5/c1-25(2)16-11-15(7-5-3-4-6-8-22(28)29)23(20(25)12-16)26-24(30)19-14-31-21-10-9-17(27)13-18(19)21/h6,8-10,13-16,20,23,27H,3-5,7,11-12H2,1-2H3,(H,26,30)(H,28,29)/b8-6+/t15-,16+,20+,23+/m0/s1. The number of carbonyl (C=O) groups is 2. The summed E-state index contributed by atoms with van der Waals surface area (Å²) in [6, 6.07) is 4.90. The number of rotatable bonds is 8. The summed E-state index contributed by atoms with van der Waals surface area (Å²) >= 11 is 0. The molecule has 3 aliphatic rings. The van der Waals surface area contributed by atoms with Gasteiger partial charge in [-0.05, 0) is 73.5 Å². The molecular formula is C25H31NO5. The molecule has 3 N–H and O–H groups in total. The lowest BCUT2D eigenvalue weighted by Crippen LogP contribution is -2.63. The zero-order valence-corrected chi connectivity index (χ0v) is 18.1. The van der Waals surface area contributed by atoms with Gasteiger partial charge in [0.15, 0.2) is 0 Å². The number of amides is 1. The summed E-state index contributed by atoms with van der Waals surface area (Å²) in [4.78, 5) is 23.8. The zero-order chi connectivity index (χ0) is 22.2. The van der Waals surface area contributed by atoms with Gasteiger partial charge >= 0.3 is 5.97 Å². The van der Waals surface area contributed by atoms with Crippen LogP contribution in [0.25, 0.3) is 11.0 Å². The fourth-order valence-electron chi connectivity index (χ4n) is 5.70. The van der Waals surface area contributed by atoms with Crippen LogP contribution < -0.4 is 5.32 Å². The predicted molar refractivity (Wildman–Crippen MR) is 118 cm³/mol. The van der Waals surface area contributed by atoms with Crippen LogP contribution in [0.1, 0.15) is 62.7 Å². The van der Waals surface area contributed by atoms with Crippen molar-refractivity contribution in [2.45, 2.75) is 58.4 Å². The highest BCUT2D eigenvalue weighted by Crippen LogP contribution is 2.61. The Bertz CT molecular complexity index is 1000. The van der Waals surface area contributed by atoms with Crippen molar-refractivity contribution in [3.63, 3.8) is 0 Å². The van der Waals surface area contributed by atoms with Crippen LogP contribution >= 0.6 is 0 Å². The Morgan fingerprint density at radius 2 is 2.06 bits per heavy atom. The number of nitrogens with one attached hydrogen (secondary N) is 1. The van der Waals surface area contributed by atoms with Crippen molar-refractivity contribution in [1.82, 2.24) is 5.32 Å². The summed E-state index contributed by atoms with van der Waals surface area (Å²) in [7, 11) is 0. The number of aromatic hydroxyl groups is 1. The van der Waals surface area contributed by atoms with E-state index in [1.165, 1.54) is 12.3 Å². The predicted octanol–water partition coefficient (Wildman–Crippen LogP) is 5.12. The molecule has 6 heteroatoms. The first kappa shape index (κ1) is 21.5. The van der Waals surface area contributed by atoms with Gasteiger partial charge in [0.2, 0.25) is 0 Å². The molecule has 166 valence electrons. The van der Waals surface area contributed by atoms with E-state index in [1.54, 1.807) is 24.3 Å². The Morgan fingerprint density at radius 3 is 2.81 bits per heavy atom. The number of unbranched alkanes of at least 4 members (excludes halogenated alkanes) is 2. The number of phenols is 1. The quantitative estimate of drug-likeness (QED) is 0.403. The average Bonchev–Trinajstić information content (AvgIpc) is 3.13. The fourth-order valence-corrected chi connectivity index (χ4v) is 5.70. The molecule has 3 saturated carbocycles. The second-order valence-electron chi connectivity index (χ2n) is 9.71. The Morgan fingerprint density at radius 1 is 1.26 bits per heavy atom. The van der Waals surface area contributed by atoms with Gasteiger partial charge in [-0.3, -0.25) is 4.79 Å². The van der Waals surface area contributed by atoms with Crippen molar-refractivity contribution in [1.29, 1.82) is 0 Å². The van der Waals surface area contributed by atoms with Gasteiger partial charge in [-0.2, -0.15) is 0 Å². The summed E-state index contributed by atoms with van der Waals surface area (Å²) < 4.78 is 5.52. The van der Waals surface area contributed by atoms with E-state index in [9.17, 15) is 14.7 Å². The first-order chi connectivity index (χ1) is 14.8. The maximum atomic E-state index is 13.2. The Labute approximate surface area is 182 Å². The van der Waals surface area contributed by atoms with Crippen molar-refractivity contribution in [2.75, 3.05) is 0 Å². The molecule has 31 heavy (non-hydrogen) atoms. The SMILES string of the molecule is CC1(C)[C@@H]2C[C@H](CCCC/C=C/C(=O)O)[C@@H](NC(=O)c3coc4ccc(O)cc34)[C@H]1C2. The molecule has 1 heterocycles. The monoisotopic (exact) mass is 425 g/mol. The van der Waals surface area contributed by atoms with Gasteiger partial charge in [0, 0.05) is 17.5 Å². The highest BCUT2D eigenvalue weighted by Gasteiger charge is 2.57. The molecule has 3 aliphatic carbocycles. The third-order valence-electron chi connectivity index (χ3n) is 7.63. The van der Waals surface area contributed by atoms with Crippen LogP contribution in [-0.4, -0.2) is 28.1 Å². The van der Waals surface area contributed by atoms with Gasteiger partial charge in [-0.15, -0.1) is 0 Å². The van der Waals surface area contributed by atoms with Gasteiger partial charge in [-0.1, -0.05) is 26.3 Å². The van der Waals surface area contributed by atoms with Crippen molar-refractivity contribution in [3.05, 3.63) is 42.2 Å². The van der Waals surface area contributed by atoms with Gasteiger partial charge in [0.25, 0.3) is 5.91 Å². The van der Waals surface area contributed by atoms with E-state index < -0.39 is 5.97 Å². The highest BCUT2D eigenvalue weighted by molar-refractivity contribution is 6.06. The van der Waals surface area contributed by atoms with E-state index in [-0.39, 0.29) is 23.1 Å². The maximum Gasteiger partial charge on any atom is 0.327 e. The van der Waals surface area contributed by atoms with Crippen LogP contribution in [0.4, 0.5) is 0 Å². The van der Waals surface area contributed by atoms with Gasteiger partial charge in [0.1, 0.15) is 17.6 Å². The molecule has 1 amide bonds. The summed E-state index contributed by atoms with van der Waals surface area (Å²) in [5.74, 6) is 0.643. The smallest absolute Gasteiger partial charge is 0.327 e. The number of carbonyl (C=O) groups excluding carboxylic acids is 1. The molecule has 5 rings (SSSR count). The lowest BCUT2D eigenvalue weighted by atomic mass is 9.44. The van der Waals surface area contributed by atoms with E-state index in [1.807, 2.05) is 0 Å². The largest absolute Gasteiger partial charge is 0.508 e. The summed E-state index contributed by atoms with van der Waals surface area (Å²) in [5, 5.41) is 22.4. The maximum absolute atomic E-state index is 13.2. The Balaban J connectivity index is 1.44. The van der Waals surface area contributed by atoms with E-state index in [0.29, 0.717) is 34.3 Å². The van der Waals surface area contributed by atoms with E-state index >= 15 is 0 Å². The average molecular weight is 426 g/mol. The van der Waals surface area contributed by atoms with Crippen LogP contribution in [0.5, 0.6) is 5.75 Å². The number of benzene rings is 1. The summed E-state index contributed by atoms with van der Waals surface area (Å²) in [5.41, 5.74) is 1.28. The van der Waals surface area contributed by atoms with Crippen molar-refractivity contribution < 1.29 is 24.2 Å². The number of hydrogen-bond donors (Lipinski definition) is 3. The Hall–Kier alpha value is -2.76. The molecule has 2 bridgehead atoms. The molecule has 0 saturated heterocycles. The molecule has 0 aliphatic heterocycles. The Kier molecular flexibility index (Phi) is 5.82. The van der Waals surface area contributed by atoms with Crippen LogP contribution in [0.3, 0.4) is 0 Å². The van der Waals surface area contributed by atoms with Crippen LogP contribution in [0, 0.1) is 23.2 Å². The van der Waals surface area contributed by atoms with Gasteiger partial charge in [-0.25, -0.2) is 4.79 Å². The number of hydrogen-bond acceptors (Lipinski definition) is 4. The third kappa shape index (κ3) is 4.21. The third-order valence-corrected chi connectivity index (χ3v) is 7.63. The molecule has 1 aromatic carbocycles. The van der Waals surface area contributed by atoms with Crippen LogP contribution in [-0.2, 0) is 4.79 Å². The van der Waals surface area contributed by atoms with Gasteiger partial charge in [0.05, 0.1) is 5.56 Å². The van der Waals surface area contributed by atoms with E-state index in [0.717, 1.165) is 38.5 Å². The second kappa shape index (κ2) is 8.40. The number of aliphatic carboxylic acids is 1. The van der Waals surface area contributed by atoms with E-state index in [4.69, 9.17) is 9.52 Å². The molecule has 0 spiro atoms. The molecule has 6 nitrogen and oxygen atoms in total. The molecule has 0 unspecified atom stereocenters. The van der Waals surface area contributed by atoms with Gasteiger partial charge < -0.3 is 19.9 Å². The van der Waals surface area contributed by atoms with Crippen LogP contribution in [0.2, 0.25) is 0 Å². The van der Waals surface area contributed by atoms with Crippen LogP contribution in [0.15, 0.2) is 41.0 Å². The molecule has 2 aromatic rings. The molecule has 0 radical (unpaired) electrons. The zero-order valence-electron chi connectivity index (χ0n) is 18.1. The molecule has 4 atom stereocenters. The second-order valence-corrected chi connectivity index (χ2v) is 9.71. The minimum atomic E-state index is -0.905. The summed E-state index contributed by atoms with van der Waals surface area (Å²) in [6.07, 6.45) is 10.4. The number of carboxylic acids is 1. The minimum absolute atomic E-state index is 0.110. The van der Waals surface area contributed by atoms with Crippen molar-refractivity contribution in [3.8, 4) is 5.75 Å². The molecular weight excluding hydrogens is 394 g/mol. The normalized spacial score (nSPS) is 26.6. The first-order valence-electron chi connectivity index (χ1n) is 11.2. The first-order valence-corrected chi connectivity index (χ1v) is 11.2. The number of fused-ring (bicyclic) bond motifs is 3. The lowest BCUT2D eigenvalue weighted by Gasteiger charge is -2.62. The number of phenolic OH excluding ortho intramolecular Hbond substituents is 1. The summed E-state index contributed by atoms with van der Waals surface area (Å²) in [6.45, 7) is 4.62. The fraction of sp³-hybridized carbons (Fsp3) is 0.520. The minimum Gasteiger partial charge on any atom is -0.508 e. The van der Waals surface area contributed by atoms with Crippen molar-refractivity contribution >= 4 is 22.8 Å². The topological polar surface area (TPSA) is 99.8 Å².